The summed E-state index contributed by atoms with van der Waals surface area (Å²) in [6.07, 6.45) is 0. The predicted molar refractivity (Wildman–Crippen MR) is 110 cm³/mol. The number of aromatic nitrogens is 1. The zero-order valence-electron chi connectivity index (χ0n) is 15.6. The molecule has 7 heteroatoms. The number of benzene rings is 2. The lowest BCUT2D eigenvalue weighted by molar-refractivity contribution is 0.0998. The molecular weight excluding hydrogens is 376 g/mol. The van der Waals surface area contributed by atoms with Gasteiger partial charge in [-0.25, -0.2) is 4.98 Å². The van der Waals surface area contributed by atoms with Crippen LogP contribution >= 0.6 is 11.3 Å². The van der Waals surface area contributed by atoms with E-state index < -0.39 is 0 Å². The molecule has 0 saturated carbocycles. The third kappa shape index (κ3) is 3.32. The van der Waals surface area contributed by atoms with Crippen LogP contribution in [-0.4, -0.2) is 25.1 Å². The van der Waals surface area contributed by atoms with Gasteiger partial charge in [-0.15, -0.1) is 11.3 Å². The van der Waals surface area contributed by atoms with Gasteiger partial charge in [0.15, 0.2) is 22.2 Å². The first kappa shape index (κ1) is 18.1. The molecule has 0 saturated heterocycles. The van der Waals surface area contributed by atoms with Crippen LogP contribution in [0.4, 0.5) is 5.13 Å². The van der Waals surface area contributed by atoms with Crippen molar-refractivity contribution in [3.8, 4) is 22.8 Å². The minimum absolute atomic E-state index is 0.205. The van der Waals surface area contributed by atoms with E-state index >= 15 is 0 Å². The number of rotatable bonds is 5. The zero-order valence-corrected chi connectivity index (χ0v) is 16.4. The highest BCUT2D eigenvalue weighted by molar-refractivity contribution is 7.14. The van der Waals surface area contributed by atoms with Crippen LogP contribution in [0.15, 0.2) is 52.3 Å². The van der Waals surface area contributed by atoms with Gasteiger partial charge in [0.05, 0.1) is 19.9 Å². The van der Waals surface area contributed by atoms with Crippen LogP contribution in [0.25, 0.3) is 22.2 Å². The second kappa shape index (κ2) is 7.36. The summed E-state index contributed by atoms with van der Waals surface area (Å²) in [6, 6.07) is 13.0. The Kier molecular flexibility index (Phi) is 4.75. The largest absolute Gasteiger partial charge is 0.496 e. The molecule has 0 atom stereocenters. The zero-order chi connectivity index (χ0) is 19.7. The second-order valence-electron chi connectivity index (χ2n) is 6.17. The summed E-state index contributed by atoms with van der Waals surface area (Å²) >= 11 is 1.36. The van der Waals surface area contributed by atoms with E-state index in [1.54, 1.807) is 26.4 Å². The highest BCUT2D eigenvalue weighted by atomic mass is 32.1. The van der Waals surface area contributed by atoms with Gasteiger partial charge in [0.2, 0.25) is 0 Å². The van der Waals surface area contributed by atoms with Gasteiger partial charge in [-0.2, -0.15) is 0 Å². The maximum absolute atomic E-state index is 12.6. The summed E-state index contributed by atoms with van der Waals surface area (Å²) < 4.78 is 16.2. The van der Waals surface area contributed by atoms with Gasteiger partial charge in [-0.3, -0.25) is 10.1 Å². The van der Waals surface area contributed by atoms with E-state index in [1.165, 1.54) is 11.3 Å². The lowest BCUT2D eigenvalue weighted by Gasteiger charge is -2.05. The van der Waals surface area contributed by atoms with E-state index in [0.29, 0.717) is 16.5 Å². The number of methoxy groups -OCH3 is 2. The minimum Gasteiger partial charge on any atom is -0.496 e. The molecule has 0 aliphatic rings. The highest BCUT2D eigenvalue weighted by Gasteiger charge is 2.16. The summed E-state index contributed by atoms with van der Waals surface area (Å²) in [4.78, 5) is 17.1. The molecule has 1 N–H and O–H groups in total. The predicted octanol–water partition coefficient (Wildman–Crippen LogP) is 5.13. The molecule has 142 valence electrons. The smallest absolute Gasteiger partial charge is 0.293 e. The second-order valence-corrected chi connectivity index (χ2v) is 7.02. The number of hydrogen-bond acceptors (Lipinski definition) is 6. The number of nitrogens with one attached hydrogen (secondary N) is 1. The fourth-order valence-electron chi connectivity index (χ4n) is 2.97. The van der Waals surface area contributed by atoms with E-state index in [9.17, 15) is 4.79 Å². The van der Waals surface area contributed by atoms with Crippen molar-refractivity contribution < 1.29 is 18.7 Å². The molecule has 28 heavy (non-hydrogen) atoms. The normalized spacial score (nSPS) is 10.8. The molecule has 0 bridgehead atoms. The molecule has 2 aromatic heterocycles. The summed E-state index contributed by atoms with van der Waals surface area (Å²) in [6.45, 7) is 1.98. The SMILES string of the molecule is COc1ccc(-c2csc(NC(=O)c3cc4cccc(OC)c4o3)n2)cc1C. The van der Waals surface area contributed by atoms with Crippen LogP contribution in [0.2, 0.25) is 0 Å². The van der Waals surface area contributed by atoms with Gasteiger partial charge in [0.25, 0.3) is 5.91 Å². The van der Waals surface area contributed by atoms with Crippen molar-refractivity contribution in [3.63, 3.8) is 0 Å². The molecule has 0 aliphatic heterocycles. The van der Waals surface area contributed by atoms with Gasteiger partial charge >= 0.3 is 0 Å². The molecule has 0 spiro atoms. The number of carbonyl (C=O) groups is 1. The number of amides is 1. The number of aryl methyl sites for hydroxylation is 1. The Morgan fingerprint density at radius 1 is 1.11 bits per heavy atom. The molecule has 1 amide bonds. The van der Waals surface area contributed by atoms with Crippen molar-refractivity contribution in [2.45, 2.75) is 6.92 Å². The molecule has 0 unspecified atom stereocenters. The Labute approximate surface area is 165 Å². The summed E-state index contributed by atoms with van der Waals surface area (Å²) in [7, 11) is 3.21. The first-order chi connectivity index (χ1) is 13.6. The van der Waals surface area contributed by atoms with Crippen molar-refractivity contribution in [3.05, 3.63) is 59.2 Å². The number of carbonyl (C=O) groups excluding carboxylic acids is 1. The fourth-order valence-corrected chi connectivity index (χ4v) is 3.68. The number of ether oxygens (including phenoxy) is 2. The van der Waals surface area contributed by atoms with Gasteiger partial charge in [-0.1, -0.05) is 12.1 Å². The average molecular weight is 394 g/mol. The number of nitrogens with zero attached hydrogens (tertiary/aromatic N) is 1. The number of para-hydroxylation sites is 1. The molecule has 0 radical (unpaired) electrons. The van der Waals surface area contributed by atoms with E-state index in [1.807, 2.05) is 42.6 Å². The monoisotopic (exact) mass is 394 g/mol. The Bertz CT molecular complexity index is 1160. The van der Waals surface area contributed by atoms with E-state index in [0.717, 1.165) is 28.0 Å². The van der Waals surface area contributed by atoms with Crippen LogP contribution in [0.3, 0.4) is 0 Å². The van der Waals surface area contributed by atoms with Gasteiger partial charge in [0.1, 0.15) is 5.75 Å². The summed E-state index contributed by atoms with van der Waals surface area (Å²) in [5.41, 5.74) is 3.32. The lowest BCUT2D eigenvalue weighted by atomic mass is 10.1. The molecule has 2 heterocycles. The molecule has 6 nitrogen and oxygen atoms in total. The molecule has 2 aromatic carbocycles. The lowest BCUT2D eigenvalue weighted by Crippen LogP contribution is -2.10. The number of fused-ring (bicyclic) bond motifs is 1. The van der Waals surface area contributed by atoms with Crippen LogP contribution in [0.5, 0.6) is 11.5 Å². The number of anilines is 1. The third-order valence-corrected chi connectivity index (χ3v) is 5.12. The standard InChI is InChI=1S/C21H18N2O4S/c1-12-9-13(7-8-16(12)25-2)15-11-28-21(22-15)23-20(24)18-10-14-5-4-6-17(26-3)19(14)27-18/h4-11H,1-3H3,(H,22,23,24). The highest BCUT2D eigenvalue weighted by Crippen LogP contribution is 2.31. The van der Waals surface area contributed by atoms with Gasteiger partial charge in [0, 0.05) is 16.3 Å². The molecular formula is C21H18N2O4S. The number of thiazole rings is 1. The number of furan rings is 1. The minimum atomic E-state index is -0.356. The van der Waals surface area contributed by atoms with Crippen LogP contribution in [-0.2, 0) is 0 Å². The summed E-state index contributed by atoms with van der Waals surface area (Å²) in [5, 5.41) is 6.00. The van der Waals surface area contributed by atoms with Crippen molar-refractivity contribution in [2.75, 3.05) is 19.5 Å². The third-order valence-electron chi connectivity index (χ3n) is 4.37. The van der Waals surface area contributed by atoms with E-state index in [4.69, 9.17) is 13.9 Å². The molecule has 4 rings (SSSR count). The topological polar surface area (TPSA) is 73.6 Å². The van der Waals surface area contributed by atoms with Crippen LogP contribution in [0, 0.1) is 6.92 Å². The first-order valence-corrected chi connectivity index (χ1v) is 9.45. The molecule has 4 aromatic rings. The van der Waals surface area contributed by atoms with Gasteiger partial charge in [-0.05, 0) is 42.8 Å². The van der Waals surface area contributed by atoms with Crippen molar-refractivity contribution in [1.29, 1.82) is 0 Å². The Morgan fingerprint density at radius 3 is 2.68 bits per heavy atom. The first-order valence-electron chi connectivity index (χ1n) is 8.57. The molecule has 0 aliphatic carbocycles. The fraction of sp³-hybridized carbons (Fsp3) is 0.143. The van der Waals surface area contributed by atoms with Crippen molar-refractivity contribution in [1.82, 2.24) is 4.98 Å². The van der Waals surface area contributed by atoms with Crippen molar-refractivity contribution >= 4 is 33.3 Å². The quantitative estimate of drug-likeness (QED) is 0.508. The summed E-state index contributed by atoms with van der Waals surface area (Å²) in [5.74, 6) is 1.26. The Balaban J connectivity index is 1.55. The van der Waals surface area contributed by atoms with Crippen LogP contribution in [0.1, 0.15) is 16.1 Å². The number of hydrogen-bond donors (Lipinski definition) is 1. The maximum atomic E-state index is 12.6. The van der Waals surface area contributed by atoms with Crippen LogP contribution < -0.4 is 14.8 Å². The maximum Gasteiger partial charge on any atom is 0.293 e. The van der Waals surface area contributed by atoms with Crippen molar-refractivity contribution in [2.24, 2.45) is 0 Å². The van der Waals surface area contributed by atoms with Gasteiger partial charge < -0.3 is 13.9 Å². The molecule has 0 fully saturated rings. The Hall–Kier alpha value is -3.32. The average Bonchev–Trinajstić information content (AvgIpc) is 3.34. The van der Waals surface area contributed by atoms with E-state index in [2.05, 4.69) is 10.3 Å². The van der Waals surface area contributed by atoms with E-state index in [-0.39, 0.29) is 11.7 Å². The Morgan fingerprint density at radius 2 is 1.93 bits per heavy atom.